The first-order chi connectivity index (χ1) is 13.0. The molecule has 0 radical (unpaired) electrons. The van der Waals surface area contributed by atoms with Crippen molar-refractivity contribution < 1.29 is 9.59 Å². The van der Waals surface area contributed by atoms with Crippen LogP contribution < -0.4 is 16.0 Å². The van der Waals surface area contributed by atoms with E-state index in [0.29, 0.717) is 23.3 Å². The highest BCUT2D eigenvalue weighted by Crippen LogP contribution is 2.19. The topological polar surface area (TPSA) is 86.4 Å². The van der Waals surface area contributed by atoms with Gasteiger partial charge in [0.05, 0.1) is 17.1 Å². The third-order valence-electron chi connectivity index (χ3n) is 5.40. The number of amides is 2. The summed E-state index contributed by atoms with van der Waals surface area (Å²) in [5, 5.41) is 9.68. The molecular formula is C19H28ClN5O2. The van der Waals surface area contributed by atoms with E-state index < -0.39 is 0 Å². The van der Waals surface area contributed by atoms with Crippen LogP contribution >= 0.6 is 11.6 Å². The molecule has 8 heteroatoms. The second kappa shape index (κ2) is 9.48. The maximum atomic E-state index is 12.5. The summed E-state index contributed by atoms with van der Waals surface area (Å²) in [6, 6.07) is 3.10. The van der Waals surface area contributed by atoms with E-state index in [9.17, 15) is 9.59 Å². The van der Waals surface area contributed by atoms with Crippen LogP contribution in [-0.2, 0) is 9.59 Å². The molecule has 0 bridgehead atoms. The highest BCUT2D eigenvalue weighted by atomic mass is 35.5. The number of likely N-dealkylation sites (tertiary alicyclic amines) is 1. The van der Waals surface area contributed by atoms with Gasteiger partial charge in [0.25, 0.3) is 0 Å². The lowest BCUT2D eigenvalue weighted by Crippen LogP contribution is -2.50. The second-order valence-electron chi connectivity index (χ2n) is 7.42. The summed E-state index contributed by atoms with van der Waals surface area (Å²) >= 11 is 5.82. The van der Waals surface area contributed by atoms with Crippen LogP contribution in [0.3, 0.4) is 0 Å². The van der Waals surface area contributed by atoms with Crippen molar-refractivity contribution in [2.75, 3.05) is 31.5 Å². The Kier molecular flexibility index (Phi) is 7.04. The molecule has 2 amide bonds. The standard InChI is InChI=1S/C19H28ClN5O2/c1-13(18(26)24-17-7-6-15(20)11-22-17)25-9-3-4-14(12-25)10-23-19(27)16-5-2-8-21-16/h6-7,11,13-14,16,21H,2-5,8-10,12H2,1H3,(H,23,27)(H,22,24,26). The Labute approximate surface area is 165 Å². The quantitative estimate of drug-likeness (QED) is 0.684. The van der Waals surface area contributed by atoms with E-state index in [4.69, 9.17) is 11.6 Å². The molecule has 3 heterocycles. The van der Waals surface area contributed by atoms with Crippen LogP contribution in [-0.4, -0.2) is 60.0 Å². The molecule has 7 nitrogen and oxygen atoms in total. The predicted molar refractivity (Wildman–Crippen MR) is 106 cm³/mol. The Morgan fingerprint density at radius 3 is 2.93 bits per heavy atom. The van der Waals surface area contributed by atoms with Crippen molar-refractivity contribution in [2.24, 2.45) is 5.92 Å². The summed E-state index contributed by atoms with van der Waals surface area (Å²) in [4.78, 5) is 31.0. The normalized spacial score (nSPS) is 24.4. The zero-order valence-corrected chi connectivity index (χ0v) is 16.5. The molecule has 1 aromatic heterocycles. The second-order valence-corrected chi connectivity index (χ2v) is 7.86. The van der Waals surface area contributed by atoms with Gasteiger partial charge in [0.1, 0.15) is 5.82 Å². The summed E-state index contributed by atoms with van der Waals surface area (Å²) in [7, 11) is 0. The number of aromatic nitrogens is 1. The minimum Gasteiger partial charge on any atom is -0.354 e. The fourth-order valence-electron chi connectivity index (χ4n) is 3.74. The zero-order valence-electron chi connectivity index (χ0n) is 15.7. The van der Waals surface area contributed by atoms with Gasteiger partial charge in [0.2, 0.25) is 11.8 Å². The Morgan fingerprint density at radius 2 is 2.22 bits per heavy atom. The van der Waals surface area contributed by atoms with Gasteiger partial charge in [-0.2, -0.15) is 0 Å². The first kappa shape index (κ1) is 20.0. The van der Waals surface area contributed by atoms with Crippen molar-refractivity contribution in [3.8, 4) is 0 Å². The number of halogens is 1. The fourth-order valence-corrected chi connectivity index (χ4v) is 3.85. The smallest absolute Gasteiger partial charge is 0.242 e. The van der Waals surface area contributed by atoms with Gasteiger partial charge in [-0.3, -0.25) is 14.5 Å². The van der Waals surface area contributed by atoms with E-state index in [1.165, 1.54) is 6.20 Å². The van der Waals surface area contributed by atoms with Gasteiger partial charge < -0.3 is 16.0 Å². The number of pyridine rings is 1. The number of nitrogens with zero attached hydrogens (tertiary/aromatic N) is 2. The van der Waals surface area contributed by atoms with Crippen molar-refractivity contribution in [3.05, 3.63) is 23.4 Å². The number of carbonyl (C=O) groups is 2. The highest BCUT2D eigenvalue weighted by molar-refractivity contribution is 6.30. The third kappa shape index (κ3) is 5.64. The lowest BCUT2D eigenvalue weighted by atomic mass is 9.96. The predicted octanol–water partition coefficient (Wildman–Crippen LogP) is 1.64. The molecule has 2 saturated heterocycles. The zero-order chi connectivity index (χ0) is 19.2. The van der Waals surface area contributed by atoms with Gasteiger partial charge in [-0.1, -0.05) is 11.6 Å². The molecule has 1 aromatic rings. The summed E-state index contributed by atoms with van der Waals surface area (Å²) in [5.41, 5.74) is 0. The van der Waals surface area contributed by atoms with Crippen LogP contribution in [0.5, 0.6) is 0 Å². The Morgan fingerprint density at radius 1 is 1.37 bits per heavy atom. The highest BCUT2D eigenvalue weighted by Gasteiger charge is 2.29. The molecule has 2 aliphatic heterocycles. The minimum atomic E-state index is -0.252. The van der Waals surface area contributed by atoms with Crippen molar-refractivity contribution in [2.45, 2.75) is 44.7 Å². The molecule has 27 heavy (non-hydrogen) atoms. The largest absolute Gasteiger partial charge is 0.354 e. The minimum absolute atomic E-state index is 0.0405. The van der Waals surface area contributed by atoms with Crippen molar-refractivity contribution in [1.82, 2.24) is 20.5 Å². The first-order valence-electron chi connectivity index (χ1n) is 9.70. The van der Waals surface area contributed by atoms with Crippen LogP contribution in [0.4, 0.5) is 5.82 Å². The van der Waals surface area contributed by atoms with Crippen molar-refractivity contribution in [3.63, 3.8) is 0 Å². The van der Waals surface area contributed by atoms with Gasteiger partial charge in [-0.25, -0.2) is 4.98 Å². The van der Waals surface area contributed by atoms with E-state index in [1.54, 1.807) is 12.1 Å². The average molecular weight is 394 g/mol. The molecule has 0 aromatic carbocycles. The van der Waals surface area contributed by atoms with Crippen molar-refractivity contribution >= 4 is 29.2 Å². The number of nitrogens with one attached hydrogen (secondary N) is 3. The van der Waals surface area contributed by atoms with Crippen LogP contribution in [0, 0.1) is 5.92 Å². The van der Waals surface area contributed by atoms with Gasteiger partial charge in [0.15, 0.2) is 0 Å². The Hall–Kier alpha value is -1.70. The van der Waals surface area contributed by atoms with Gasteiger partial charge in [-0.15, -0.1) is 0 Å². The molecule has 3 atom stereocenters. The maximum Gasteiger partial charge on any atom is 0.242 e. The van der Waals surface area contributed by atoms with Gasteiger partial charge in [0, 0.05) is 19.3 Å². The van der Waals surface area contributed by atoms with Crippen LogP contribution in [0.15, 0.2) is 18.3 Å². The van der Waals surface area contributed by atoms with E-state index in [0.717, 1.165) is 45.3 Å². The summed E-state index contributed by atoms with van der Waals surface area (Å²) < 4.78 is 0. The number of hydrogen-bond donors (Lipinski definition) is 3. The fraction of sp³-hybridized carbons (Fsp3) is 0.632. The van der Waals surface area contributed by atoms with E-state index in [-0.39, 0.29) is 23.9 Å². The number of rotatable bonds is 6. The number of piperidine rings is 1. The molecule has 0 spiro atoms. The maximum absolute atomic E-state index is 12.5. The molecule has 3 unspecified atom stereocenters. The van der Waals surface area contributed by atoms with E-state index in [1.807, 2.05) is 6.92 Å². The number of anilines is 1. The monoisotopic (exact) mass is 393 g/mol. The third-order valence-corrected chi connectivity index (χ3v) is 5.62. The van der Waals surface area contributed by atoms with E-state index >= 15 is 0 Å². The average Bonchev–Trinajstić information content (AvgIpc) is 3.22. The van der Waals surface area contributed by atoms with Gasteiger partial charge >= 0.3 is 0 Å². The first-order valence-corrected chi connectivity index (χ1v) is 10.1. The SMILES string of the molecule is CC(C(=O)Nc1ccc(Cl)cn1)N1CCCC(CNC(=O)C2CCCN2)C1. The Bertz CT molecular complexity index is 648. The summed E-state index contributed by atoms with van der Waals surface area (Å²) in [6.07, 6.45) is 5.59. The number of hydrogen-bond acceptors (Lipinski definition) is 5. The van der Waals surface area contributed by atoms with Crippen molar-refractivity contribution in [1.29, 1.82) is 0 Å². The molecule has 3 rings (SSSR count). The molecule has 3 N–H and O–H groups in total. The number of carbonyl (C=O) groups excluding carboxylic acids is 2. The summed E-state index contributed by atoms with van der Waals surface area (Å²) in [6.45, 7) is 5.19. The Balaban J connectivity index is 1.46. The summed E-state index contributed by atoms with van der Waals surface area (Å²) in [5.74, 6) is 0.892. The molecule has 148 valence electrons. The van der Waals surface area contributed by atoms with E-state index in [2.05, 4.69) is 25.8 Å². The molecule has 0 saturated carbocycles. The molecular weight excluding hydrogens is 366 g/mol. The van der Waals surface area contributed by atoms with Crippen LogP contribution in [0.2, 0.25) is 5.02 Å². The van der Waals surface area contributed by atoms with Crippen LogP contribution in [0.1, 0.15) is 32.6 Å². The molecule has 0 aliphatic carbocycles. The molecule has 2 fully saturated rings. The lowest BCUT2D eigenvalue weighted by Gasteiger charge is -2.36. The molecule has 2 aliphatic rings. The van der Waals surface area contributed by atoms with Gasteiger partial charge in [-0.05, 0) is 63.7 Å². The van der Waals surface area contributed by atoms with Crippen LogP contribution in [0.25, 0.3) is 0 Å². The lowest BCUT2D eigenvalue weighted by molar-refractivity contribution is -0.124.